The second-order valence-electron chi connectivity index (χ2n) is 7.38. The molecule has 0 aliphatic heterocycles. The number of ketones is 1. The minimum Gasteiger partial charge on any atom is -0.481 e. The highest BCUT2D eigenvalue weighted by Gasteiger charge is 2.26. The quantitative estimate of drug-likeness (QED) is 0.315. The normalized spacial score (nSPS) is 11.5. The molecule has 0 saturated heterocycles. The third-order valence-electron chi connectivity index (χ3n) is 4.75. The lowest BCUT2D eigenvalue weighted by molar-refractivity contribution is -0.140. The molecule has 10 nitrogen and oxygen atoms in total. The number of nitrogens with zero attached hydrogens (tertiary/aromatic N) is 1. The van der Waals surface area contributed by atoms with E-state index >= 15 is 0 Å². The highest BCUT2D eigenvalue weighted by atomic mass is 35.5. The average molecular weight is 540 g/mol. The number of aromatic nitrogens is 1. The van der Waals surface area contributed by atoms with Gasteiger partial charge in [-0.2, -0.15) is 4.39 Å². The summed E-state index contributed by atoms with van der Waals surface area (Å²) in [4.78, 5) is 48.0. The number of amides is 2. The topological polar surface area (TPSA) is 148 Å². The van der Waals surface area contributed by atoms with Crippen molar-refractivity contribution in [2.24, 2.45) is 0 Å². The van der Waals surface area contributed by atoms with E-state index < -0.39 is 72.4 Å². The third kappa shape index (κ3) is 7.07. The number of hydrogen-bond acceptors (Lipinski definition) is 7. The van der Waals surface area contributed by atoms with Gasteiger partial charge in [-0.1, -0.05) is 28.9 Å². The molecule has 3 N–H and O–H groups in total. The Labute approximate surface area is 211 Å². The summed E-state index contributed by atoms with van der Waals surface area (Å²) < 4.78 is 50.4. The molecule has 3 aromatic rings. The van der Waals surface area contributed by atoms with E-state index in [0.717, 1.165) is 0 Å². The molecule has 14 heteroatoms. The molecule has 0 fully saturated rings. The monoisotopic (exact) mass is 539 g/mol. The number of rotatable bonds is 11. The number of aliphatic carboxylic acids is 1. The van der Waals surface area contributed by atoms with Crippen LogP contribution in [0.25, 0.3) is 11.3 Å². The van der Waals surface area contributed by atoms with E-state index in [1.165, 1.54) is 6.07 Å². The summed E-state index contributed by atoms with van der Waals surface area (Å²) in [5, 5.41) is 17.3. The van der Waals surface area contributed by atoms with E-state index in [1.54, 1.807) is 24.3 Å². The summed E-state index contributed by atoms with van der Waals surface area (Å²) in [7, 11) is 0. The van der Waals surface area contributed by atoms with Crippen molar-refractivity contribution < 1.29 is 46.7 Å². The van der Waals surface area contributed by atoms with Gasteiger partial charge in [-0.15, -0.1) is 0 Å². The van der Waals surface area contributed by atoms with Crippen molar-refractivity contribution in [3.8, 4) is 17.1 Å². The van der Waals surface area contributed by atoms with Gasteiger partial charge in [-0.05, 0) is 24.3 Å². The molecule has 1 unspecified atom stereocenters. The molecule has 3 rings (SSSR count). The second kappa shape index (κ2) is 12.0. The Morgan fingerprint density at radius 2 is 1.78 bits per heavy atom. The fourth-order valence-corrected chi connectivity index (χ4v) is 3.20. The summed E-state index contributed by atoms with van der Waals surface area (Å²) in [6.07, 6.45) is -0.902. The van der Waals surface area contributed by atoms with Crippen LogP contribution < -0.4 is 15.4 Å². The van der Waals surface area contributed by atoms with Crippen molar-refractivity contribution in [2.45, 2.75) is 12.5 Å². The minimum absolute atomic E-state index is 0.187. The van der Waals surface area contributed by atoms with Crippen molar-refractivity contribution in [3.63, 3.8) is 0 Å². The average Bonchev–Trinajstić information content (AvgIpc) is 3.34. The molecule has 37 heavy (non-hydrogen) atoms. The van der Waals surface area contributed by atoms with Crippen molar-refractivity contribution in [2.75, 3.05) is 13.2 Å². The van der Waals surface area contributed by atoms with E-state index in [4.69, 9.17) is 21.2 Å². The highest BCUT2D eigenvalue weighted by Crippen LogP contribution is 2.28. The van der Waals surface area contributed by atoms with Crippen LogP contribution in [0.3, 0.4) is 0 Å². The first-order valence-electron chi connectivity index (χ1n) is 10.4. The van der Waals surface area contributed by atoms with Gasteiger partial charge in [-0.25, -0.2) is 8.78 Å². The Kier molecular flexibility index (Phi) is 8.85. The molecule has 0 aliphatic carbocycles. The van der Waals surface area contributed by atoms with E-state index in [9.17, 15) is 32.3 Å². The Bertz CT molecular complexity index is 1350. The number of Topliss-reactive ketones (excluding diaryl/α,β-unsaturated/α-hetero) is 1. The van der Waals surface area contributed by atoms with Gasteiger partial charge >= 0.3 is 5.97 Å². The first-order chi connectivity index (χ1) is 17.6. The van der Waals surface area contributed by atoms with Gasteiger partial charge < -0.3 is 25.0 Å². The van der Waals surface area contributed by atoms with Gasteiger partial charge in [0.05, 0.1) is 18.0 Å². The highest BCUT2D eigenvalue weighted by molar-refractivity contribution is 6.33. The molecule has 194 valence electrons. The van der Waals surface area contributed by atoms with Crippen LogP contribution in [0.5, 0.6) is 5.75 Å². The summed E-state index contributed by atoms with van der Waals surface area (Å²) >= 11 is 6.07. The number of hydrogen-bond donors (Lipinski definition) is 3. The number of benzene rings is 2. The Morgan fingerprint density at radius 1 is 1.08 bits per heavy atom. The number of carboxylic acids is 1. The van der Waals surface area contributed by atoms with Crippen LogP contribution in [0.2, 0.25) is 5.02 Å². The van der Waals surface area contributed by atoms with Crippen LogP contribution in [0.4, 0.5) is 13.2 Å². The minimum atomic E-state index is -1.68. The van der Waals surface area contributed by atoms with E-state index in [1.807, 2.05) is 0 Å². The van der Waals surface area contributed by atoms with Crippen molar-refractivity contribution >= 4 is 35.2 Å². The Hall–Kier alpha value is -4.39. The van der Waals surface area contributed by atoms with Crippen molar-refractivity contribution in [1.29, 1.82) is 0 Å². The van der Waals surface area contributed by atoms with Crippen LogP contribution in [-0.4, -0.2) is 53.0 Å². The fourth-order valence-electron chi connectivity index (χ4n) is 2.97. The first-order valence-corrected chi connectivity index (χ1v) is 10.7. The molecule has 0 spiro atoms. The lowest BCUT2D eigenvalue weighted by Crippen LogP contribution is -2.47. The van der Waals surface area contributed by atoms with E-state index in [-0.39, 0.29) is 11.5 Å². The maximum atomic E-state index is 13.7. The number of carbonyl (C=O) groups excluding carboxylic acids is 3. The van der Waals surface area contributed by atoms with Crippen LogP contribution >= 0.6 is 11.6 Å². The van der Waals surface area contributed by atoms with Gasteiger partial charge in [0, 0.05) is 11.6 Å². The van der Waals surface area contributed by atoms with Crippen LogP contribution in [0.1, 0.15) is 16.9 Å². The molecule has 2 amide bonds. The number of ether oxygens (including phenoxy) is 1. The zero-order valence-electron chi connectivity index (χ0n) is 18.6. The predicted molar refractivity (Wildman–Crippen MR) is 120 cm³/mol. The third-order valence-corrected chi connectivity index (χ3v) is 5.08. The first kappa shape index (κ1) is 27.2. The van der Waals surface area contributed by atoms with Gasteiger partial charge in [-0.3, -0.25) is 19.2 Å². The maximum Gasteiger partial charge on any atom is 0.305 e. The summed E-state index contributed by atoms with van der Waals surface area (Å²) in [6.45, 7) is -1.77. The van der Waals surface area contributed by atoms with E-state index in [2.05, 4.69) is 20.5 Å². The summed E-state index contributed by atoms with van der Waals surface area (Å²) in [5.41, 5.74) is 0.289. The molecule has 2 aromatic carbocycles. The summed E-state index contributed by atoms with van der Waals surface area (Å²) in [6, 6.07) is 7.32. The zero-order chi connectivity index (χ0) is 27.1. The molecular formula is C23H17ClF3N3O7. The molecule has 0 radical (unpaired) electrons. The van der Waals surface area contributed by atoms with Crippen molar-refractivity contribution in [3.05, 3.63) is 70.6 Å². The molecule has 1 atom stereocenters. The Morgan fingerprint density at radius 3 is 2.49 bits per heavy atom. The lowest BCUT2D eigenvalue weighted by Gasteiger charge is -2.17. The van der Waals surface area contributed by atoms with Crippen LogP contribution in [0, 0.1) is 17.5 Å². The van der Waals surface area contributed by atoms with Crippen LogP contribution in [0.15, 0.2) is 47.0 Å². The number of carbonyl (C=O) groups is 4. The van der Waals surface area contributed by atoms with Crippen molar-refractivity contribution in [1.82, 2.24) is 15.8 Å². The molecule has 0 aliphatic rings. The fraction of sp³-hybridized carbons (Fsp3) is 0.174. The second-order valence-corrected chi connectivity index (χ2v) is 7.79. The number of nitrogens with one attached hydrogen (secondary N) is 2. The predicted octanol–water partition coefficient (Wildman–Crippen LogP) is 2.75. The standard InChI is InChI=1S/C23H17ClF3N3O7/c24-12-4-2-1-3-11(12)18-7-16(30-37-18)23(35)28-9-19(32)29-15(8-20(33)34)17(31)10-36-22-14(26)6-5-13(25)21(22)27/h1-7,15H,8-10H2,(H,28,35)(H,29,32)(H,33,34). The molecule has 1 aromatic heterocycles. The number of carboxylic acid groups (broad SMARTS) is 1. The van der Waals surface area contributed by atoms with Gasteiger partial charge in [0.1, 0.15) is 12.6 Å². The molecule has 1 heterocycles. The van der Waals surface area contributed by atoms with Gasteiger partial charge in [0.25, 0.3) is 5.91 Å². The van der Waals surface area contributed by atoms with E-state index in [0.29, 0.717) is 22.7 Å². The van der Waals surface area contributed by atoms with Gasteiger partial charge in [0.2, 0.25) is 11.7 Å². The number of halogens is 4. The molecule has 0 saturated carbocycles. The maximum absolute atomic E-state index is 13.7. The summed E-state index contributed by atoms with van der Waals surface area (Å²) in [5.74, 6) is -9.74. The zero-order valence-corrected chi connectivity index (χ0v) is 19.4. The largest absolute Gasteiger partial charge is 0.481 e. The van der Waals surface area contributed by atoms with Crippen LogP contribution in [-0.2, 0) is 14.4 Å². The SMILES string of the molecule is O=C(O)CC(NC(=O)CNC(=O)c1cc(-c2ccccc2Cl)on1)C(=O)COc1c(F)ccc(F)c1F. The smallest absolute Gasteiger partial charge is 0.305 e. The lowest BCUT2D eigenvalue weighted by atomic mass is 10.1. The molecular weight excluding hydrogens is 523 g/mol. The molecule has 0 bridgehead atoms. The van der Waals surface area contributed by atoms with Gasteiger partial charge in [0.15, 0.2) is 34.6 Å². The Balaban J connectivity index is 1.58.